The first-order valence-electron chi connectivity index (χ1n) is 4.12. The number of hydrogen-bond acceptors (Lipinski definition) is 2. The second kappa shape index (κ2) is 5.43. The average molecular weight is 258 g/mol. The van der Waals surface area contributed by atoms with Gasteiger partial charge in [-0.2, -0.15) is 0 Å². The quantitative estimate of drug-likeness (QED) is 0.571. The van der Waals surface area contributed by atoms with Gasteiger partial charge >= 0.3 is 0 Å². The molecule has 0 bridgehead atoms. The van der Waals surface area contributed by atoms with Crippen LogP contribution in [0.1, 0.15) is 19.3 Å². The van der Waals surface area contributed by atoms with Crippen LogP contribution < -0.4 is 0 Å². The van der Waals surface area contributed by atoms with Crippen molar-refractivity contribution in [1.82, 2.24) is 0 Å². The normalized spacial score (nSPS) is 36.8. The minimum absolute atomic E-state index is 0.209. The summed E-state index contributed by atoms with van der Waals surface area (Å²) in [4.78, 5) is 0.433. The third-order valence-corrected chi connectivity index (χ3v) is 3.49. The molecule has 0 amide bonds. The minimum atomic E-state index is 0.209. The summed E-state index contributed by atoms with van der Waals surface area (Å²) in [5.74, 6) is 0. The van der Waals surface area contributed by atoms with Gasteiger partial charge in [0.15, 0.2) is 0 Å². The van der Waals surface area contributed by atoms with E-state index in [9.17, 15) is 0 Å². The lowest BCUT2D eigenvalue weighted by molar-refractivity contribution is -0.0782. The zero-order chi connectivity index (χ0) is 8.97. The summed E-state index contributed by atoms with van der Waals surface area (Å²) in [6.07, 6.45) is 3.29. The van der Waals surface area contributed by atoms with Crippen LogP contribution in [-0.4, -0.2) is 30.2 Å². The van der Waals surface area contributed by atoms with E-state index in [1.165, 1.54) is 0 Å². The second-order valence-electron chi connectivity index (χ2n) is 3.04. The summed E-state index contributed by atoms with van der Waals surface area (Å²) in [7, 11) is 1.63. The van der Waals surface area contributed by atoms with E-state index in [1.807, 2.05) is 0 Å². The molecular formula is C8H14BrClO2. The van der Waals surface area contributed by atoms with Gasteiger partial charge in [-0.25, -0.2) is 0 Å². The smallest absolute Gasteiger partial charge is 0.146 e. The van der Waals surface area contributed by atoms with Crippen LogP contribution in [0.4, 0.5) is 0 Å². The van der Waals surface area contributed by atoms with Crippen LogP contribution in [0.25, 0.3) is 0 Å². The maximum atomic E-state index is 6.01. The van der Waals surface area contributed by atoms with E-state index in [2.05, 4.69) is 15.9 Å². The van der Waals surface area contributed by atoms with Gasteiger partial charge < -0.3 is 9.47 Å². The van der Waals surface area contributed by atoms with Crippen LogP contribution in [0, 0.1) is 0 Å². The molecule has 0 N–H and O–H groups in total. The highest BCUT2D eigenvalue weighted by molar-refractivity contribution is 9.09. The molecule has 12 heavy (non-hydrogen) atoms. The third kappa shape index (κ3) is 3.21. The lowest BCUT2D eigenvalue weighted by atomic mass is 9.97. The van der Waals surface area contributed by atoms with Crippen molar-refractivity contribution < 1.29 is 9.47 Å². The Labute approximate surface area is 86.7 Å². The van der Waals surface area contributed by atoms with Gasteiger partial charge in [0.1, 0.15) is 6.79 Å². The molecule has 0 spiro atoms. The van der Waals surface area contributed by atoms with Crippen LogP contribution in [0.15, 0.2) is 0 Å². The van der Waals surface area contributed by atoms with Crippen molar-refractivity contribution in [1.29, 1.82) is 0 Å². The van der Waals surface area contributed by atoms with Crippen molar-refractivity contribution in [3.63, 3.8) is 0 Å². The maximum absolute atomic E-state index is 6.01. The summed E-state index contributed by atoms with van der Waals surface area (Å²) in [5, 5.41) is 0.264. The largest absolute Gasteiger partial charge is 0.359 e. The predicted octanol–water partition coefficient (Wildman–Crippen LogP) is 2.53. The molecule has 0 radical (unpaired) electrons. The van der Waals surface area contributed by atoms with Gasteiger partial charge in [0.25, 0.3) is 0 Å². The Kier molecular flexibility index (Phi) is 4.87. The Hall–Kier alpha value is 0.690. The van der Waals surface area contributed by atoms with Crippen molar-refractivity contribution in [2.45, 2.75) is 35.6 Å². The fourth-order valence-corrected chi connectivity index (χ4v) is 2.31. The molecule has 0 aliphatic heterocycles. The number of halogens is 2. The first-order valence-corrected chi connectivity index (χ1v) is 5.48. The molecule has 1 fully saturated rings. The molecule has 0 saturated heterocycles. The van der Waals surface area contributed by atoms with E-state index in [-0.39, 0.29) is 11.5 Å². The molecule has 0 heterocycles. The number of hydrogen-bond donors (Lipinski definition) is 0. The molecule has 3 atom stereocenters. The van der Waals surface area contributed by atoms with Crippen molar-refractivity contribution >= 4 is 27.5 Å². The average Bonchev–Trinajstić information content (AvgIpc) is 2.07. The lowest BCUT2D eigenvalue weighted by Crippen LogP contribution is -2.33. The van der Waals surface area contributed by atoms with Crippen LogP contribution in [-0.2, 0) is 9.47 Å². The highest BCUT2D eigenvalue weighted by Crippen LogP contribution is 2.29. The van der Waals surface area contributed by atoms with E-state index in [0.29, 0.717) is 11.6 Å². The van der Waals surface area contributed by atoms with Gasteiger partial charge in [-0.3, -0.25) is 0 Å². The lowest BCUT2D eigenvalue weighted by Gasteiger charge is -2.29. The Morgan fingerprint density at radius 3 is 2.92 bits per heavy atom. The van der Waals surface area contributed by atoms with Crippen molar-refractivity contribution in [2.75, 3.05) is 13.9 Å². The summed E-state index contributed by atoms with van der Waals surface area (Å²) < 4.78 is 10.3. The zero-order valence-electron chi connectivity index (χ0n) is 7.13. The molecule has 0 aromatic heterocycles. The Bertz CT molecular complexity index is 134. The molecular weight excluding hydrogens is 243 g/mol. The highest BCUT2D eigenvalue weighted by atomic mass is 79.9. The van der Waals surface area contributed by atoms with Gasteiger partial charge in [-0.1, -0.05) is 15.9 Å². The van der Waals surface area contributed by atoms with Gasteiger partial charge in [-0.15, -0.1) is 11.6 Å². The summed E-state index contributed by atoms with van der Waals surface area (Å²) >= 11 is 9.59. The van der Waals surface area contributed by atoms with Crippen LogP contribution in [0.2, 0.25) is 0 Å². The molecule has 1 aliphatic carbocycles. The number of rotatable bonds is 3. The van der Waals surface area contributed by atoms with E-state index >= 15 is 0 Å². The van der Waals surface area contributed by atoms with Gasteiger partial charge in [0, 0.05) is 17.3 Å². The molecule has 1 saturated carbocycles. The molecule has 2 nitrogen and oxygen atoms in total. The van der Waals surface area contributed by atoms with Crippen molar-refractivity contribution in [3.05, 3.63) is 0 Å². The topological polar surface area (TPSA) is 18.5 Å². The summed E-state index contributed by atoms with van der Waals surface area (Å²) in [5.41, 5.74) is 0. The molecule has 1 rings (SSSR count). The minimum Gasteiger partial charge on any atom is -0.359 e. The van der Waals surface area contributed by atoms with Crippen LogP contribution in [0.5, 0.6) is 0 Å². The summed E-state index contributed by atoms with van der Waals surface area (Å²) in [6, 6.07) is 0. The monoisotopic (exact) mass is 256 g/mol. The predicted molar refractivity (Wildman–Crippen MR) is 53.0 cm³/mol. The fraction of sp³-hybridized carbons (Fsp3) is 1.00. The first kappa shape index (κ1) is 10.8. The molecule has 2 unspecified atom stereocenters. The SMILES string of the molecule is COCO[C@@H]1CC(Cl)CCC1Br. The molecule has 1 aliphatic rings. The number of alkyl halides is 2. The zero-order valence-corrected chi connectivity index (χ0v) is 9.47. The molecule has 72 valence electrons. The fourth-order valence-electron chi connectivity index (χ4n) is 1.37. The Balaban J connectivity index is 2.28. The van der Waals surface area contributed by atoms with Gasteiger partial charge in [0.2, 0.25) is 0 Å². The highest BCUT2D eigenvalue weighted by Gasteiger charge is 2.28. The van der Waals surface area contributed by atoms with E-state index in [0.717, 1.165) is 19.3 Å². The maximum Gasteiger partial charge on any atom is 0.146 e. The molecule has 0 aromatic rings. The van der Waals surface area contributed by atoms with E-state index < -0.39 is 0 Å². The second-order valence-corrected chi connectivity index (χ2v) is 4.83. The van der Waals surface area contributed by atoms with Crippen molar-refractivity contribution in [3.8, 4) is 0 Å². The van der Waals surface area contributed by atoms with Gasteiger partial charge in [0.05, 0.1) is 6.10 Å². The van der Waals surface area contributed by atoms with Gasteiger partial charge in [-0.05, 0) is 19.3 Å². The standard InChI is InChI=1S/C8H14BrClO2/c1-11-5-12-8-4-6(10)2-3-7(8)9/h6-8H,2-5H2,1H3/t6?,7?,8-/m1/s1. The molecule has 4 heteroatoms. The summed E-state index contributed by atoms with van der Waals surface area (Å²) in [6.45, 7) is 0.358. The first-order chi connectivity index (χ1) is 5.74. The number of ether oxygens (including phenoxy) is 2. The van der Waals surface area contributed by atoms with E-state index in [4.69, 9.17) is 21.1 Å². The molecule has 0 aromatic carbocycles. The van der Waals surface area contributed by atoms with Crippen molar-refractivity contribution in [2.24, 2.45) is 0 Å². The number of methoxy groups -OCH3 is 1. The Morgan fingerprint density at radius 2 is 2.25 bits per heavy atom. The van der Waals surface area contributed by atoms with E-state index in [1.54, 1.807) is 7.11 Å². The third-order valence-electron chi connectivity index (χ3n) is 2.05. The van der Waals surface area contributed by atoms with Crippen LogP contribution in [0.3, 0.4) is 0 Å². The van der Waals surface area contributed by atoms with Crippen LogP contribution >= 0.6 is 27.5 Å². The Morgan fingerprint density at radius 1 is 1.50 bits per heavy atom.